The molecule has 0 aliphatic heterocycles. The summed E-state index contributed by atoms with van der Waals surface area (Å²) < 4.78 is 10.3. The van der Waals surface area contributed by atoms with Crippen LogP contribution >= 0.6 is 0 Å². The van der Waals surface area contributed by atoms with Crippen LogP contribution in [0.25, 0.3) is 0 Å². The zero-order valence-electron chi connectivity index (χ0n) is 10.2. The van der Waals surface area contributed by atoms with Crippen LogP contribution in [0.15, 0.2) is 0 Å². The largest absolute Gasteiger partial charge is 1.00 e. The second kappa shape index (κ2) is 13.5. The predicted molar refractivity (Wildman–Crippen MR) is 55.4 cm³/mol. The van der Waals surface area contributed by atoms with E-state index in [0.717, 1.165) is 25.6 Å². The molecule has 0 N–H and O–H groups in total. The minimum Gasteiger partial charge on any atom is -0.356 e. The van der Waals surface area contributed by atoms with Gasteiger partial charge in [0.25, 0.3) is 0 Å². The fourth-order valence-corrected chi connectivity index (χ4v) is 1.26. The molecule has 14 heavy (non-hydrogen) atoms. The van der Waals surface area contributed by atoms with Crippen molar-refractivity contribution >= 4 is 0 Å². The van der Waals surface area contributed by atoms with Gasteiger partial charge in [0.2, 0.25) is 0 Å². The van der Waals surface area contributed by atoms with Crippen molar-refractivity contribution < 1.29 is 28.3 Å². The fourth-order valence-electron chi connectivity index (χ4n) is 1.26. The van der Waals surface area contributed by atoms with Gasteiger partial charge in [0.15, 0.2) is 0 Å². The Morgan fingerprint density at radius 1 is 1.29 bits per heavy atom. The van der Waals surface area contributed by atoms with Crippen LogP contribution in [-0.2, 0) is 9.47 Å². The van der Waals surface area contributed by atoms with Gasteiger partial charge in [-0.25, -0.2) is 0 Å². The minimum atomic E-state index is 0. The maximum absolute atomic E-state index is 5.27. The Kier molecular flexibility index (Phi) is 16.3. The average Bonchev–Trinajstić information content (AvgIpc) is 2.11. The summed E-state index contributed by atoms with van der Waals surface area (Å²) >= 11 is 0. The number of ether oxygens (including phenoxy) is 2. The van der Waals surface area contributed by atoms with E-state index in [1.54, 1.807) is 0 Å². The molecule has 0 spiro atoms. The van der Waals surface area contributed by atoms with Gasteiger partial charge in [-0.2, -0.15) is 13.3 Å². The zero-order valence-corrected chi connectivity index (χ0v) is 10.2. The molecule has 0 saturated carbocycles. The number of rotatable bonds is 9. The molecule has 0 fully saturated rings. The van der Waals surface area contributed by atoms with Crippen molar-refractivity contribution in [3.05, 3.63) is 6.42 Å². The van der Waals surface area contributed by atoms with E-state index in [2.05, 4.69) is 20.3 Å². The minimum absolute atomic E-state index is 0. The standard InChI is InChI=1S/C11H23O2.Li/c1-4-7-11(3)8-6-9-13-10-12-5-2;/h4,11H,5-10H2,1-3H3;/q-1;+1. The summed E-state index contributed by atoms with van der Waals surface area (Å²) in [6, 6.07) is 0. The van der Waals surface area contributed by atoms with Crippen molar-refractivity contribution in [2.45, 2.75) is 40.0 Å². The van der Waals surface area contributed by atoms with Crippen molar-refractivity contribution in [2.75, 3.05) is 20.0 Å². The third-order valence-electron chi connectivity index (χ3n) is 1.99. The molecule has 0 aromatic rings. The van der Waals surface area contributed by atoms with E-state index in [0.29, 0.717) is 6.79 Å². The quantitative estimate of drug-likeness (QED) is 0.223. The smallest absolute Gasteiger partial charge is 0.356 e. The predicted octanol–water partition coefficient (Wildman–Crippen LogP) is 0.0316. The summed E-state index contributed by atoms with van der Waals surface area (Å²) in [5.41, 5.74) is 0. The summed E-state index contributed by atoms with van der Waals surface area (Å²) in [6.45, 7) is 8.38. The van der Waals surface area contributed by atoms with Crippen molar-refractivity contribution in [2.24, 2.45) is 5.92 Å². The SMILES string of the molecule is C[CH-]CC(C)CCCOCOCC.[Li+]. The van der Waals surface area contributed by atoms with Gasteiger partial charge in [-0.3, -0.25) is 0 Å². The van der Waals surface area contributed by atoms with Gasteiger partial charge in [0.05, 0.1) is 0 Å². The molecule has 0 aliphatic carbocycles. The van der Waals surface area contributed by atoms with Gasteiger partial charge >= 0.3 is 18.9 Å². The summed E-state index contributed by atoms with van der Waals surface area (Å²) in [5.74, 6) is 0.792. The maximum atomic E-state index is 5.27. The summed E-state index contributed by atoms with van der Waals surface area (Å²) in [7, 11) is 0. The van der Waals surface area contributed by atoms with Crippen molar-refractivity contribution in [1.82, 2.24) is 0 Å². The number of hydrogen-bond acceptors (Lipinski definition) is 2. The first-order valence-corrected chi connectivity index (χ1v) is 5.24. The Hall–Kier alpha value is 0.517. The van der Waals surface area contributed by atoms with Crippen molar-refractivity contribution in [1.29, 1.82) is 0 Å². The molecule has 0 aromatic heterocycles. The topological polar surface area (TPSA) is 18.5 Å². The van der Waals surface area contributed by atoms with Crippen molar-refractivity contribution in [3.8, 4) is 0 Å². The second-order valence-electron chi connectivity index (χ2n) is 3.41. The average molecular weight is 194 g/mol. The molecule has 1 unspecified atom stereocenters. The first kappa shape index (κ1) is 16.9. The van der Waals surface area contributed by atoms with Crippen LogP contribution in [0.4, 0.5) is 0 Å². The van der Waals surface area contributed by atoms with Gasteiger partial charge in [0.1, 0.15) is 6.79 Å². The Morgan fingerprint density at radius 3 is 2.57 bits per heavy atom. The molecule has 0 amide bonds. The third kappa shape index (κ3) is 12.5. The Balaban J connectivity index is 0. The van der Waals surface area contributed by atoms with Gasteiger partial charge in [-0.15, -0.1) is 0 Å². The van der Waals surface area contributed by atoms with Crippen LogP contribution in [0.3, 0.4) is 0 Å². The van der Waals surface area contributed by atoms with E-state index < -0.39 is 0 Å². The van der Waals surface area contributed by atoms with Crippen LogP contribution in [0, 0.1) is 12.3 Å². The Bertz CT molecular complexity index is 99.3. The normalized spacial score (nSPS) is 12.2. The van der Waals surface area contributed by atoms with Crippen LogP contribution in [0.5, 0.6) is 0 Å². The van der Waals surface area contributed by atoms with Crippen LogP contribution < -0.4 is 18.9 Å². The maximum Gasteiger partial charge on any atom is 1.00 e. The molecule has 3 heteroatoms. The third-order valence-corrected chi connectivity index (χ3v) is 1.99. The van der Waals surface area contributed by atoms with E-state index in [1.165, 1.54) is 12.8 Å². The molecule has 0 aliphatic rings. The van der Waals surface area contributed by atoms with E-state index in [4.69, 9.17) is 9.47 Å². The van der Waals surface area contributed by atoms with Gasteiger partial charge in [-0.1, -0.05) is 19.3 Å². The summed E-state index contributed by atoms with van der Waals surface area (Å²) in [4.78, 5) is 0. The molecular weight excluding hydrogens is 171 g/mol. The van der Waals surface area contributed by atoms with E-state index in [9.17, 15) is 0 Å². The zero-order chi connectivity index (χ0) is 9.94. The van der Waals surface area contributed by atoms with Gasteiger partial charge in [0, 0.05) is 13.2 Å². The van der Waals surface area contributed by atoms with Crippen LogP contribution in [0.1, 0.15) is 40.0 Å². The Labute approximate surface area is 101 Å². The van der Waals surface area contributed by atoms with E-state index in [1.807, 2.05) is 6.92 Å². The fraction of sp³-hybridized carbons (Fsp3) is 0.909. The summed E-state index contributed by atoms with van der Waals surface area (Å²) in [6.07, 6.45) is 5.83. The summed E-state index contributed by atoms with van der Waals surface area (Å²) in [5, 5.41) is 0. The molecular formula is C11H23LiO2. The van der Waals surface area contributed by atoms with Crippen LogP contribution in [0.2, 0.25) is 0 Å². The van der Waals surface area contributed by atoms with E-state index in [-0.39, 0.29) is 18.9 Å². The molecule has 2 nitrogen and oxygen atoms in total. The second-order valence-corrected chi connectivity index (χ2v) is 3.41. The first-order valence-electron chi connectivity index (χ1n) is 5.24. The van der Waals surface area contributed by atoms with Crippen LogP contribution in [-0.4, -0.2) is 20.0 Å². The Morgan fingerprint density at radius 2 is 2.00 bits per heavy atom. The molecule has 80 valence electrons. The van der Waals surface area contributed by atoms with Crippen molar-refractivity contribution in [3.63, 3.8) is 0 Å². The first-order chi connectivity index (χ1) is 6.31. The molecule has 0 heterocycles. The molecule has 0 radical (unpaired) electrons. The molecule has 0 aromatic carbocycles. The van der Waals surface area contributed by atoms with E-state index >= 15 is 0 Å². The number of hydrogen-bond donors (Lipinski definition) is 0. The molecule has 0 saturated heterocycles. The molecule has 0 bridgehead atoms. The molecule has 1 atom stereocenters. The van der Waals surface area contributed by atoms with Gasteiger partial charge < -0.3 is 15.9 Å². The molecule has 0 rings (SSSR count). The van der Waals surface area contributed by atoms with Gasteiger partial charge in [-0.05, 0) is 13.3 Å². The monoisotopic (exact) mass is 194 g/mol.